The lowest BCUT2D eigenvalue weighted by Gasteiger charge is -2.34. The number of sulfonamides is 1. The third-order valence-corrected chi connectivity index (χ3v) is 10.3. The Labute approximate surface area is 274 Å². The fourth-order valence-electron chi connectivity index (χ4n) is 5.58. The van der Waals surface area contributed by atoms with E-state index >= 15 is 0 Å². The van der Waals surface area contributed by atoms with Crippen LogP contribution in [0.1, 0.15) is 54.5 Å². The number of aliphatic hydroxyl groups is 1. The van der Waals surface area contributed by atoms with E-state index in [1.165, 1.54) is 23.5 Å². The summed E-state index contributed by atoms with van der Waals surface area (Å²) in [4.78, 5) is 46.3. The zero-order chi connectivity index (χ0) is 33.6. The Morgan fingerprint density at radius 3 is 2.43 bits per heavy atom. The van der Waals surface area contributed by atoms with E-state index in [9.17, 15) is 27.9 Å². The number of rotatable bonds is 16. The van der Waals surface area contributed by atoms with Gasteiger partial charge in [-0.3, -0.25) is 9.59 Å². The van der Waals surface area contributed by atoms with Crippen molar-refractivity contribution in [3.63, 3.8) is 0 Å². The van der Waals surface area contributed by atoms with Gasteiger partial charge in [0.15, 0.2) is 12.0 Å². The van der Waals surface area contributed by atoms with Crippen molar-refractivity contribution >= 4 is 39.6 Å². The molecule has 2 aromatic heterocycles. The summed E-state index contributed by atoms with van der Waals surface area (Å²) in [6.45, 7) is 10.2. The van der Waals surface area contributed by atoms with Crippen LogP contribution in [0.5, 0.6) is 0 Å². The zero-order valence-electron chi connectivity index (χ0n) is 26.8. The maximum absolute atomic E-state index is 14.0. The van der Waals surface area contributed by atoms with Crippen LogP contribution in [0.4, 0.5) is 4.79 Å². The maximum Gasteiger partial charge on any atom is 0.321 e. The first kappa shape index (κ1) is 35.3. The van der Waals surface area contributed by atoms with Crippen LogP contribution in [-0.2, 0) is 27.8 Å². The predicted molar refractivity (Wildman–Crippen MR) is 174 cm³/mol. The fraction of sp³-hybridized carbons (Fsp3) is 0.500. The Morgan fingerprint density at radius 2 is 1.85 bits per heavy atom. The van der Waals surface area contributed by atoms with Gasteiger partial charge in [-0.15, -0.1) is 11.3 Å². The first-order valence-corrected chi connectivity index (χ1v) is 17.7. The van der Waals surface area contributed by atoms with Crippen LogP contribution in [-0.4, -0.2) is 95.2 Å². The highest BCUT2D eigenvalue weighted by atomic mass is 32.2. The van der Waals surface area contributed by atoms with Gasteiger partial charge in [-0.1, -0.05) is 58.0 Å². The Hall–Kier alpha value is -3.59. The number of carbonyl (C=O) groups is 3. The molecule has 1 aromatic carbocycles. The third-order valence-electron chi connectivity index (χ3n) is 7.74. The number of furan rings is 1. The molecule has 3 aromatic rings. The monoisotopic (exact) mass is 673 g/mol. The fourth-order valence-corrected chi connectivity index (χ4v) is 7.73. The molecule has 1 aliphatic heterocycles. The maximum atomic E-state index is 14.0. The largest absolute Gasteiger partial charge is 0.440 e. The number of aryl methyl sites for hydroxylation is 1. The van der Waals surface area contributed by atoms with Crippen LogP contribution in [0, 0.1) is 18.8 Å². The number of hydrogen-bond acceptors (Lipinski definition) is 9. The highest BCUT2D eigenvalue weighted by Gasteiger charge is 2.41. The second kappa shape index (κ2) is 15.3. The minimum atomic E-state index is -4.22. The molecule has 3 heterocycles. The molecule has 0 bridgehead atoms. The van der Waals surface area contributed by atoms with E-state index in [-0.39, 0.29) is 43.1 Å². The number of nitrogens with zero attached hydrogens (tertiary/aromatic N) is 4. The summed E-state index contributed by atoms with van der Waals surface area (Å²) < 4.78 is 33.5. The summed E-state index contributed by atoms with van der Waals surface area (Å²) in [6.07, 6.45) is -0.695. The van der Waals surface area contributed by atoms with E-state index in [4.69, 9.17) is 4.42 Å². The molecule has 0 spiro atoms. The number of nitrogens with one attached hydrogen (secondary N) is 1. The average molecular weight is 674 g/mol. The highest BCUT2D eigenvalue weighted by molar-refractivity contribution is 7.89. The first-order valence-electron chi connectivity index (χ1n) is 15.3. The molecule has 1 aliphatic rings. The molecule has 0 saturated carbocycles. The van der Waals surface area contributed by atoms with E-state index in [0.29, 0.717) is 25.9 Å². The van der Waals surface area contributed by atoms with Crippen LogP contribution in [0.15, 0.2) is 57.4 Å². The summed E-state index contributed by atoms with van der Waals surface area (Å²) in [7, 11) is -4.22. The lowest BCUT2D eigenvalue weighted by Crippen LogP contribution is -2.57. The van der Waals surface area contributed by atoms with Crippen molar-refractivity contribution in [2.75, 3.05) is 26.2 Å². The molecule has 0 unspecified atom stereocenters. The smallest absolute Gasteiger partial charge is 0.321 e. The van der Waals surface area contributed by atoms with Crippen LogP contribution >= 0.6 is 11.3 Å². The Bertz CT molecular complexity index is 1590. The molecule has 14 heteroatoms. The van der Waals surface area contributed by atoms with Gasteiger partial charge in [0.25, 0.3) is 10.0 Å². The number of aliphatic hydroxyl groups excluding tert-OH is 1. The number of aldehydes is 1. The van der Waals surface area contributed by atoms with Gasteiger partial charge < -0.3 is 24.6 Å². The Balaban J connectivity index is 1.56. The molecule has 1 fully saturated rings. The van der Waals surface area contributed by atoms with Crippen molar-refractivity contribution in [3.8, 4) is 0 Å². The Kier molecular flexibility index (Phi) is 11.8. The van der Waals surface area contributed by atoms with E-state index < -0.39 is 39.2 Å². The van der Waals surface area contributed by atoms with Gasteiger partial charge in [0.05, 0.1) is 29.4 Å². The molecule has 4 rings (SSSR count). The summed E-state index contributed by atoms with van der Waals surface area (Å²) in [5, 5.41) is 17.0. The molecule has 3 amide bonds. The minimum absolute atomic E-state index is 0.0633. The van der Waals surface area contributed by atoms with Crippen molar-refractivity contribution in [1.82, 2.24) is 24.4 Å². The summed E-state index contributed by atoms with van der Waals surface area (Å²) in [5.41, 5.74) is 1.63. The van der Waals surface area contributed by atoms with Gasteiger partial charge >= 0.3 is 6.03 Å². The number of aromatic nitrogens is 1. The average Bonchev–Trinajstić information content (AvgIpc) is 3.74. The van der Waals surface area contributed by atoms with Crippen molar-refractivity contribution in [2.24, 2.45) is 11.8 Å². The van der Waals surface area contributed by atoms with Gasteiger partial charge in [-0.25, -0.2) is 18.2 Å². The van der Waals surface area contributed by atoms with Crippen molar-refractivity contribution < 1.29 is 32.3 Å². The quantitative estimate of drug-likeness (QED) is 0.219. The van der Waals surface area contributed by atoms with E-state index in [0.717, 1.165) is 20.6 Å². The topological polar surface area (TPSA) is 153 Å². The number of amides is 3. The third kappa shape index (κ3) is 8.60. The lowest BCUT2D eigenvalue weighted by atomic mass is 9.97. The summed E-state index contributed by atoms with van der Waals surface area (Å²) in [6, 6.07) is 9.77. The molecular weight excluding hydrogens is 631 g/mol. The second-order valence-electron chi connectivity index (χ2n) is 12.3. The molecule has 2 N–H and O–H groups in total. The van der Waals surface area contributed by atoms with Gasteiger partial charge in [0.1, 0.15) is 6.04 Å². The number of carbonyl (C=O) groups excluding carboxylic acids is 3. The summed E-state index contributed by atoms with van der Waals surface area (Å²) >= 11 is 1.51. The number of thiazole rings is 1. The molecule has 46 heavy (non-hydrogen) atoms. The van der Waals surface area contributed by atoms with Crippen LogP contribution < -0.4 is 5.32 Å². The van der Waals surface area contributed by atoms with Crippen molar-refractivity contribution in [3.05, 3.63) is 69.9 Å². The zero-order valence-corrected chi connectivity index (χ0v) is 28.5. The van der Waals surface area contributed by atoms with E-state index in [1.807, 2.05) is 70.3 Å². The molecule has 0 aliphatic carbocycles. The van der Waals surface area contributed by atoms with Gasteiger partial charge in [0.2, 0.25) is 11.0 Å². The predicted octanol–water partition coefficient (Wildman–Crippen LogP) is 3.55. The van der Waals surface area contributed by atoms with Gasteiger partial charge in [0, 0.05) is 31.6 Å². The second-order valence-corrected chi connectivity index (χ2v) is 15.2. The standard InChI is InChI=1S/C32H43N5O7S2/c1-21(2)16-36(46(42,43)29-12-11-26(19-38)44-29)18-28(39)27(15-24-9-7-6-8-10-24)34-31(40)30(22(3)4)37-14-13-35(32(37)41)17-25-20-45-23(5)33-25/h6-12,19-22,27-28,30,39H,13-18H2,1-5H3,(H,34,40)/t27-,28+,30-/m0/s1. The van der Waals surface area contributed by atoms with Gasteiger partial charge in [-0.05, 0) is 42.9 Å². The normalized spacial score (nSPS) is 16.0. The van der Waals surface area contributed by atoms with E-state index in [2.05, 4.69) is 10.3 Å². The summed E-state index contributed by atoms with van der Waals surface area (Å²) in [5.74, 6) is -0.917. The molecule has 250 valence electrons. The first-order chi connectivity index (χ1) is 21.8. The highest BCUT2D eigenvalue weighted by Crippen LogP contribution is 2.23. The SMILES string of the molecule is Cc1nc(CN2CCN([C@H](C(=O)N[C@@H](Cc3ccccc3)[C@H](O)CN(CC(C)C)S(=O)(=O)c3ccc(C=O)o3)C(C)C)C2=O)cs1. The molecule has 0 radical (unpaired) electrons. The van der Waals surface area contributed by atoms with Crippen molar-refractivity contribution in [1.29, 1.82) is 0 Å². The Morgan fingerprint density at radius 1 is 1.13 bits per heavy atom. The van der Waals surface area contributed by atoms with Crippen LogP contribution in [0.25, 0.3) is 0 Å². The molecular formula is C32H43N5O7S2. The number of urea groups is 1. The molecule has 12 nitrogen and oxygen atoms in total. The molecule has 1 saturated heterocycles. The van der Waals surface area contributed by atoms with Crippen LogP contribution in [0.2, 0.25) is 0 Å². The number of benzene rings is 1. The van der Waals surface area contributed by atoms with Crippen molar-refractivity contribution in [2.45, 2.75) is 70.9 Å². The van der Waals surface area contributed by atoms with E-state index in [1.54, 1.807) is 9.80 Å². The van der Waals surface area contributed by atoms with Crippen LogP contribution in [0.3, 0.4) is 0 Å². The minimum Gasteiger partial charge on any atom is -0.440 e. The number of hydrogen-bond donors (Lipinski definition) is 2. The van der Waals surface area contributed by atoms with Gasteiger partial charge in [-0.2, -0.15) is 4.31 Å². The molecule has 3 atom stereocenters. The lowest BCUT2D eigenvalue weighted by molar-refractivity contribution is -0.128.